The topological polar surface area (TPSA) is 62.6 Å². The number of hydrogen-bond donors (Lipinski definition) is 2. The first-order valence-electron chi connectivity index (χ1n) is 10.5. The number of nitrogens with one attached hydrogen (secondary N) is 2. The van der Waals surface area contributed by atoms with Crippen LogP contribution in [0.5, 0.6) is 0 Å². The Kier molecular flexibility index (Phi) is 5.75. The molecule has 0 spiro atoms. The first-order chi connectivity index (χ1) is 14.3. The highest BCUT2D eigenvalue weighted by molar-refractivity contribution is 7.17. The molecule has 6 nitrogen and oxygen atoms in total. The van der Waals surface area contributed by atoms with Gasteiger partial charge in [0, 0.05) is 16.5 Å². The molecule has 0 aliphatic carbocycles. The van der Waals surface area contributed by atoms with E-state index in [1.807, 2.05) is 20.8 Å². The molecule has 2 N–H and O–H groups in total. The van der Waals surface area contributed by atoms with Gasteiger partial charge in [0.05, 0.1) is 31.6 Å². The number of piperazine rings is 1. The van der Waals surface area contributed by atoms with Crippen molar-refractivity contribution in [2.75, 3.05) is 37.6 Å². The van der Waals surface area contributed by atoms with Crippen molar-refractivity contribution in [1.82, 2.24) is 15.3 Å². The molecule has 1 amide bonds. The summed E-state index contributed by atoms with van der Waals surface area (Å²) in [7, 11) is 0. The number of benzene rings is 1. The van der Waals surface area contributed by atoms with E-state index < -0.39 is 0 Å². The lowest BCUT2D eigenvalue weighted by Crippen LogP contribution is -3.16. The summed E-state index contributed by atoms with van der Waals surface area (Å²) in [4.78, 5) is 26.2. The van der Waals surface area contributed by atoms with E-state index in [1.54, 1.807) is 17.7 Å². The average Bonchev–Trinajstić information content (AvgIpc) is 3.12. The Bertz CT molecular complexity index is 1030. The van der Waals surface area contributed by atoms with E-state index in [9.17, 15) is 4.79 Å². The van der Waals surface area contributed by atoms with Crippen LogP contribution in [0.3, 0.4) is 0 Å². The van der Waals surface area contributed by atoms with E-state index in [0.717, 1.165) is 42.2 Å². The van der Waals surface area contributed by atoms with Gasteiger partial charge in [0.1, 0.15) is 17.0 Å². The summed E-state index contributed by atoms with van der Waals surface area (Å²) in [6, 6.07) is 8.63. The molecule has 1 aliphatic heterocycles. The molecule has 7 heteroatoms. The second kappa shape index (κ2) is 8.32. The predicted octanol–water partition coefficient (Wildman–Crippen LogP) is 2.29. The number of carbonyl (C=O) groups excluding carboxylic acids is 1. The summed E-state index contributed by atoms with van der Waals surface area (Å²) < 4.78 is 0. The standard InChI is InChI=1S/C23H29N5OS/c1-16-5-7-17(8-6-16)18-14-30-22-20(18)21(24-15-25-22)28-11-9-27(10-12-28)13-19(29)26-23(2,3)4/h5-8,14-15H,9-13H2,1-4H3,(H,26,29)/p+1. The van der Waals surface area contributed by atoms with E-state index in [4.69, 9.17) is 0 Å². The summed E-state index contributed by atoms with van der Waals surface area (Å²) in [5.74, 6) is 1.13. The van der Waals surface area contributed by atoms with Crippen molar-refractivity contribution in [2.45, 2.75) is 33.2 Å². The molecule has 1 fully saturated rings. The van der Waals surface area contributed by atoms with Gasteiger partial charge in [0.2, 0.25) is 0 Å². The van der Waals surface area contributed by atoms with Crippen LogP contribution < -0.4 is 15.1 Å². The third-order valence-corrected chi connectivity index (χ3v) is 6.29. The second-order valence-corrected chi connectivity index (χ2v) is 9.96. The van der Waals surface area contributed by atoms with Crippen molar-refractivity contribution in [2.24, 2.45) is 0 Å². The van der Waals surface area contributed by atoms with Crippen LogP contribution in [-0.4, -0.2) is 54.1 Å². The molecule has 0 saturated carbocycles. The van der Waals surface area contributed by atoms with Crippen LogP contribution in [0.25, 0.3) is 21.3 Å². The first-order valence-corrected chi connectivity index (χ1v) is 11.4. The number of nitrogens with zero attached hydrogens (tertiary/aromatic N) is 3. The van der Waals surface area contributed by atoms with E-state index in [1.165, 1.54) is 21.6 Å². The quantitative estimate of drug-likeness (QED) is 0.675. The maximum atomic E-state index is 12.3. The van der Waals surface area contributed by atoms with Gasteiger partial charge in [-0.15, -0.1) is 11.3 Å². The number of quaternary nitrogens is 1. The maximum Gasteiger partial charge on any atom is 0.275 e. The monoisotopic (exact) mass is 424 g/mol. The minimum absolute atomic E-state index is 0.120. The van der Waals surface area contributed by atoms with Gasteiger partial charge in [-0.1, -0.05) is 29.8 Å². The number of hydrogen-bond acceptors (Lipinski definition) is 5. The lowest BCUT2D eigenvalue weighted by molar-refractivity contribution is -0.892. The molecule has 30 heavy (non-hydrogen) atoms. The fraction of sp³-hybridized carbons (Fsp3) is 0.435. The van der Waals surface area contributed by atoms with Gasteiger partial charge in [-0.25, -0.2) is 9.97 Å². The molecule has 1 aromatic carbocycles. The minimum Gasteiger partial charge on any atom is -0.347 e. The van der Waals surface area contributed by atoms with Crippen molar-refractivity contribution in [3.8, 4) is 11.1 Å². The van der Waals surface area contributed by atoms with Gasteiger partial charge in [0.15, 0.2) is 6.54 Å². The summed E-state index contributed by atoms with van der Waals surface area (Å²) in [5, 5.41) is 6.39. The Morgan fingerprint density at radius 3 is 2.53 bits per heavy atom. The van der Waals surface area contributed by atoms with E-state index in [2.05, 4.69) is 56.8 Å². The van der Waals surface area contributed by atoms with Gasteiger partial charge >= 0.3 is 0 Å². The molecular weight excluding hydrogens is 394 g/mol. The second-order valence-electron chi connectivity index (χ2n) is 9.10. The Hall–Kier alpha value is -2.51. The number of rotatable bonds is 4. The van der Waals surface area contributed by atoms with Crippen molar-refractivity contribution in [1.29, 1.82) is 0 Å². The highest BCUT2D eigenvalue weighted by atomic mass is 32.1. The average molecular weight is 425 g/mol. The molecule has 3 heterocycles. The number of carbonyl (C=O) groups is 1. The number of aryl methyl sites for hydroxylation is 1. The molecule has 4 rings (SSSR count). The van der Waals surface area contributed by atoms with Crippen LogP contribution in [0.15, 0.2) is 36.0 Å². The fourth-order valence-electron chi connectivity index (χ4n) is 3.95. The van der Waals surface area contributed by atoms with Crippen LogP contribution in [0.1, 0.15) is 26.3 Å². The highest BCUT2D eigenvalue weighted by Gasteiger charge is 2.26. The van der Waals surface area contributed by atoms with Gasteiger partial charge in [-0.3, -0.25) is 4.79 Å². The summed E-state index contributed by atoms with van der Waals surface area (Å²) in [5.41, 5.74) is 3.47. The zero-order valence-corrected chi connectivity index (χ0v) is 19.0. The molecule has 0 atom stereocenters. The molecule has 1 saturated heterocycles. The zero-order chi connectivity index (χ0) is 21.3. The van der Waals surface area contributed by atoms with Crippen molar-refractivity contribution >= 4 is 33.3 Å². The van der Waals surface area contributed by atoms with Gasteiger partial charge < -0.3 is 15.1 Å². The van der Waals surface area contributed by atoms with Crippen LogP contribution in [0.4, 0.5) is 5.82 Å². The van der Waals surface area contributed by atoms with Crippen molar-refractivity contribution in [3.63, 3.8) is 0 Å². The minimum atomic E-state index is -0.184. The number of thiophene rings is 1. The number of fused-ring (bicyclic) bond motifs is 1. The molecule has 2 aromatic heterocycles. The van der Waals surface area contributed by atoms with Crippen molar-refractivity contribution < 1.29 is 9.69 Å². The molecule has 3 aromatic rings. The predicted molar refractivity (Wildman–Crippen MR) is 123 cm³/mol. The molecule has 1 aliphatic rings. The van der Waals surface area contributed by atoms with E-state index >= 15 is 0 Å². The molecule has 158 valence electrons. The smallest absolute Gasteiger partial charge is 0.275 e. The molecule has 0 bridgehead atoms. The summed E-state index contributed by atoms with van der Waals surface area (Å²) >= 11 is 1.67. The zero-order valence-electron chi connectivity index (χ0n) is 18.2. The molecule has 0 unspecified atom stereocenters. The molecule has 0 radical (unpaired) electrons. The SMILES string of the molecule is Cc1ccc(-c2csc3ncnc(N4CC[NH+](CC(=O)NC(C)(C)C)CC4)c23)cc1. The highest BCUT2D eigenvalue weighted by Crippen LogP contribution is 2.37. The number of aromatic nitrogens is 2. The number of amides is 1. The third-order valence-electron chi connectivity index (χ3n) is 5.41. The number of anilines is 1. The van der Waals surface area contributed by atoms with Crippen LogP contribution in [-0.2, 0) is 4.79 Å². The Morgan fingerprint density at radius 2 is 1.87 bits per heavy atom. The van der Waals surface area contributed by atoms with Crippen LogP contribution in [0, 0.1) is 6.92 Å². The first kappa shape index (κ1) is 20.8. The Labute approximate surface area is 181 Å². The normalized spacial score (nSPS) is 15.5. The summed E-state index contributed by atoms with van der Waals surface area (Å²) in [6.45, 7) is 12.3. The molecular formula is C23H30N5OS+. The fourth-order valence-corrected chi connectivity index (χ4v) is 4.86. The Morgan fingerprint density at radius 1 is 1.17 bits per heavy atom. The largest absolute Gasteiger partial charge is 0.347 e. The van der Waals surface area contributed by atoms with Crippen LogP contribution >= 0.6 is 11.3 Å². The summed E-state index contributed by atoms with van der Waals surface area (Å²) in [6.07, 6.45) is 1.67. The maximum absolute atomic E-state index is 12.3. The lowest BCUT2D eigenvalue weighted by Gasteiger charge is -2.33. The van der Waals surface area contributed by atoms with E-state index in [-0.39, 0.29) is 11.4 Å². The van der Waals surface area contributed by atoms with Gasteiger partial charge in [-0.2, -0.15) is 0 Å². The van der Waals surface area contributed by atoms with Crippen molar-refractivity contribution in [3.05, 3.63) is 41.5 Å². The van der Waals surface area contributed by atoms with Gasteiger partial charge in [0.25, 0.3) is 5.91 Å². The lowest BCUT2D eigenvalue weighted by atomic mass is 10.0. The Balaban J connectivity index is 1.51. The van der Waals surface area contributed by atoms with Crippen LogP contribution in [0.2, 0.25) is 0 Å². The van der Waals surface area contributed by atoms with E-state index in [0.29, 0.717) is 6.54 Å². The van der Waals surface area contributed by atoms with Gasteiger partial charge in [-0.05, 0) is 33.3 Å². The third kappa shape index (κ3) is 4.63.